The Labute approximate surface area is 140 Å². The van der Waals surface area contributed by atoms with Gasteiger partial charge in [0.1, 0.15) is 0 Å². The molecule has 2 heteroatoms. The molecule has 0 fully saturated rings. The molecule has 0 aromatic heterocycles. The van der Waals surface area contributed by atoms with Gasteiger partial charge in [-0.3, -0.25) is 0 Å². The summed E-state index contributed by atoms with van der Waals surface area (Å²) in [5, 5.41) is 0. The summed E-state index contributed by atoms with van der Waals surface area (Å²) < 4.78 is 5.02. The minimum Gasteiger partial charge on any atom is -0.380 e. The Morgan fingerprint density at radius 3 is 1.83 bits per heavy atom. The summed E-state index contributed by atoms with van der Waals surface area (Å²) in [6.45, 7) is 9.13. The van der Waals surface area contributed by atoms with E-state index in [1.807, 2.05) is 42.5 Å². The van der Waals surface area contributed by atoms with Crippen LogP contribution in [-0.4, -0.2) is 26.1 Å². The highest BCUT2D eigenvalue weighted by Gasteiger charge is 1.98. The number of nitrogens with zero attached hydrogens (tertiary/aromatic N) is 1. The molecule has 0 amide bonds. The number of hydrogen-bond donors (Lipinski definition) is 0. The lowest BCUT2D eigenvalue weighted by Gasteiger charge is -2.11. The van der Waals surface area contributed by atoms with Gasteiger partial charge in [-0.25, -0.2) is 0 Å². The summed E-state index contributed by atoms with van der Waals surface area (Å²) in [5.41, 5.74) is 4.89. The lowest BCUT2D eigenvalue weighted by atomic mass is 10.1. The van der Waals surface area contributed by atoms with Crippen molar-refractivity contribution >= 4 is 12.2 Å². The van der Waals surface area contributed by atoms with E-state index in [1.165, 1.54) is 16.7 Å². The second-order valence-corrected chi connectivity index (χ2v) is 5.48. The van der Waals surface area contributed by atoms with Crippen LogP contribution in [0.1, 0.15) is 22.3 Å². The van der Waals surface area contributed by atoms with E-state index in [1.54, 1.807) is 7.11 Å². The minimum absolute atomic E-state index is 0.655. The maximum absolute atomic E-state index is 5.02. The summed E-state index contributed by atoms with van der Waals surface area (Å²) in [7, 11) is 5.83. The predicted molar refractivity (Wildman–Crippen MR) is 101 cm³/mol. The lowest BCUT2D eigenvalue weighted by Crippen LogP contribution is -2.11. The maximum Gasteiger partial charge on any atom is 0.0718 e. The van der Waals surface area contributed by atoms with Crippen molar-refractivity contribution in [3.8, 4) is 0 Å². The number of hydrogen-bond acceptors (Lipinski definition) is 2. The van der Waals surface area contributed by atoms with Crippen molar-refractivity contribution in [1.82, 2.24) is 4.90 Å². The minimum atomic E-state index is 0.655. The fourth-order valence-corrected chi connectivity index (χ4v) is 2.24. The molecule has 0 spiro atoms. The Morgan fingerprint density at radius 2 is 1.35 bits per heavy atom. The zero-order chi connectivity index (χ0) is 17.1. The Balaban J connectivity index is 0.000000231. The molecule has 0 saturated heterocycles. The molecule has 0 heterocycles. The molecule has 0 aliphatic carbocycles. The molecule has 23 heavy (non-hydrogen) atoms. The average Bonchev–Trinajstić information content (AvgIpc) is 2.56. The van der Waals surface area contributed by atoms with Crippen molar-refractivity contribution < 1.29 is 4.74 Å². The van der Waals surface area contributed by atoms with Crippen molar-refractivity contribution in [2.24, 2.45) is 0 Å². The number of benzene rings is 2. The second kappa shape index (κ2) is 10.5. The first-order chi connectivity index (χ1) is 11.1. The van der Waals surface area contributed by atoms with E-state index in [4.69, 9.17) is 4.74 Å². The number of rotatable bonds is 6. The Bertz CT molecular complexity index is 617. The third kappa shape index (κ3) is 6.64. The molecule has 0 atom stereocenters. The van der Waals surface area contributed by atoms with Gasteiger partial charge in [-0.05, 0) is 36.3 Å². The lowest BCUT2D eigenvalue weighted by molar-refractivity contribution is 0.185. The van der Waals surface area contributed by atoms with Crippen LogP contribution in [0.4, 0.5) is 0 Å². The summed E-state index contributed by atoms with van der Waals surface area (Å²) >= 11 is 0. The van der Waals surface area contributed by atoms with Crippen LogP contribution < -0.4 is 0 Å². The Kier molecular flexibility index (Phi) is 8.66. The molecular formula is C21H27NO. The molecule has 0 bridgehead atoms. The number of ether oxygens (including phenoxy) is 1. The van der Waals surface area contributed by atoms with Gasteiger partial charge in [0.05, 0.1) is 6.61 Å². The van der Waals surface area contributed by atoms with Gasteiger partial charge in [0.25, 0.3) is 0 Å². The molecular weight excluding hydrogens is 282 g/mol. The van der Waals surface area contributed by atoms with Crippen LogP contribution in [0.2, 0.25) is 0 Å². The van der Waals surface area contributed by atoms with Crippen LogP contribution in [0.5, 0.6) is 0 Å². The van der Waals surface area contributed by atoms with Crippen molar-refractivity contribution in [1.29, 1.82) is 0 Å². The maximum atomic E-state index is 5.02. The van der Waals surface area contributed by atoms with Crippen molar-refractivity contribution in [2.45, 2.75) is 13.2 Å². The fourth-order valence-electron chi connectivity index (χ4n) is 2.24. The molecule has 122 valence electrons. The van der Waals surface area contributed by atoms with Crippen LogP contribution in [0, 0.1) is 0 Å². The van der Waals surface area contributed by atoms with Gasteiger partial charge in [0, 0.05) is 13.7 Å². The van der Waals surface area contributed by atoms with Gasteiger partial charge in [-0.1, -0.05) is 73.8 Å². The molecule has 2 nitrogen and oxygen atoms in total. The summed E-state index contributed by atoms with van der Waals surface area (Å²) in [4.78, 5) is 2.16. The van der Waals surface area contributed by atoms with Crippen LogP contribution in [0.25, 0.3) is 12.2 Å². The highest BCUT2D eigenvalue weighted by molar-refractivity contribution is 5.52. The van der Waals surface area contributed by atoms with Crippen LogP contribution >= 0.6 is 0 Å². The van der Waals surface area contributed by atoms with E-state index >= 15 is 0 Å². The smallest absolute Gasteiger partial charge is 0.0718 e. The van der Waals surface area contributed by atoms with Gasteiger partial charge in [0.15, 0.2) is 0 Å². The molecule has 2 aromatic rings. The van der Waals surface area contributed by atoms with Gasteiger partial charge in [-0.2, -0.15) is 0 Å². The summed E-state index contributed by atoms with van der Waals surface area (Å²) in [6.07, 6.45) is 3.74. The quantitative estimate of drug-likeness (QED) is 0.755. The molecule has 0 unspecified atom stereocenters. The molecule has 0 radical (unpaired) electrons. The predicted octanol–water partition coefficient (Wildman–Crippen LogP) is 4.87. The number of methoxy groups -OCH3 is 1. The van der Waals surface area contributed by atoms with E-state index in [0.717, 1.165) is 12.1 Å². The van der Waals surface area contributed by atoms with Crippen LogP contribution in [-0.2, 0) is 17.9 Å². The first-order valence-electron chi connectivity index (χ1n) is 7.66. The largest absolute Gasteiger partial charge is 0.380 e. The Hall–Kier alpha value is -2.16. The van der Waals surface area contributed by atoms with E-state index in [0.29, 0.717) is 6.61 Å². The van der Waals surface area contributed by atoms with Crippen molar-refractivity contribution in [2.75, 3.05) is 21.2 Å². The van der Waals surface area contributed by atoms with Crippen LogP contribution in [0.15, 0.2) is 61.7 Å². The zero-order valence-electron chi connectivity index (χ0n) is 14.5. The van der Waals surface area contributed by atoms with Crippen LogP contribution in [0.3, 0.4) is 0 Å². The fraction of sp³-hybridized carbons (Fsp3) is 0.238. The van der Waals surface area contributed by atoms with Gasteiger partial charge < -0.3 is 9.64 Å². The average molecular weight is 309 g/mol. The standard InChI is InChI=1S/C11H15N.C10H12O/c1-4-10-7-5-6-8-11(10)9-12(2)3;1-3-9-6-4-5-7-10(9)8-11-2/h4-8H,1,9H2,2-3H3;3-7H,1,8H2,2H3. The van der Waals surface area contributed by atoms with E-state index in [2.05, 4.69) is 50.4 Å². The van der Waals surface area contributed by atoms with E-state index < -0.39 is 0 Å². The third-order valence-corrected chi connectivity index (χ3v) is 3.34. The molecule has 0 N–H and O–H groups in total. The monoisotopic (exact) mass is 309 g/mol. The first-order valence-corrected chi connectivity index (χ1v) is 7.66. The third-order valence-electron chi connectivity index (χ3n) is 3.34. The molecule has 0 aliphatic rings. The molecule has 2 aromatic carbocycles. The van der Waals surface area contributed by atoms with E-state index in [9.17, 15) is 0 Å². The molecule has 0 aliphatic heterocycles. The SMILES string of the molecule is C=Cc1ccccc1CN(C)C.C=Cc1ccccc1COC. The van der Waals surface area contributed by atoms with Gasteiger partial charge in [0.2, 0.25) is 0 Å². The highest BCUT2D eigenvalue weighted by Crippen LogP contribution is 2.11. The second-order valence-electron chi connectivity index (χ2n) is 5.48. The van der Waals surface area contributed by atoms with Gasteiger partial charge in [-0.15, -0.1) is 0 Å². The zero-order valence-corrected chi connectivity index (χ0v) is 14.5. The normalized spacial score (nSPS) is 9.91. The van der Waals surface area contributed by atoms with E-state index in [-0.39, 0.29) is 0 Å². The topological polar surface area (TPSA) is 12.5 Å². The van der Waals surface area contributed by atoms with Crippen molar-refractivity contribution in [3.05, 3.63) is 83.9 Å². The van der Waals surface area contributed by atoms with Crippen molar-refractivity contribution in [3.63, 3.8) is 0 Å². The Morgan fingerprint density at radius 1 is 0.870 bits per heavy atom. The molecule has 2 rings (SSSR count). The van der Waals surface area contributed by atoms with Gasteiger partial charge >= 0.3 is 0 Å². The molecule has 0 saturated carbocycles. The summed E-state index contributed by atoms with van der Waals surface area (Å²) in [6, 6.07) is 16.4. The highest BCUT2D eigenvalue weighted by atomic mass is 16.5. The summed E-state index contributed by atoms with van der Waals surface area (Å²) in [5.74, 6) is 0. The first kappa shape index (κ1) is 18.9.